The molecule has 0 aliphatic carbocycles. The van der Waals surface area contributed by atoms with Crippen LogP contribution >= 0.6 is 0 Å². The van der Waals surface area contributed by atoms with Crippen LogP contribution in [0.4, 0.5) is 11.4 Å². The highest BCUT2D eigenvalue weighted by Gasteiger charge is 2.44. The summed E-state index contributed by atoms with van der Waals surface area (Å²) in [6, 6.07) is 13.5. The maximum atomic E-state index is 12.9. The molecule has 0 bridgehead atoms. The summed E-state index contributed by atoms with van der Waals surface area (Å²) in [4.78, 5) is 50.0. The zero-order chi connectivity index (χ0) is 20.7. The van der Waals surface area contributed by atoms with Crippen LogP contribution in [0.3, 0.4) is 0 Å². The maximum Gasteiger partial charge on any atom is 0.247 e. The Morgan fingerprint density at radius 1 is 0.897 bits per heavy atom. The van der Waals surface area contributed by atoms with Crippen molar-refractivity contribution in [3.63, 3.8) is 0 Å². The third kappa shape index (κ3) is 3.17. The first kappa shape index (κ1) is 18.8. The lowest BCUT2D eigenvalue weighted by Gasteiger charge is -2.41. The van der Waals surface area contributed by atoms with Crippen molar-refractivity contribution in [1.29, 1.82) is 0 Å². The number of para-hydroxylation sites is 2. The monoisotopic (exact) mass is 392 g/mol. The van der Waals surface area contributed by atoms with Crippen molar-refractivity contribution in [1.82, 2.24) is 10.4 Å². The fraction of sp³-hybridized carbons (Fsp3) is 0.238. The van der Waals surface area contributed by atoms with Crippen molar-refractivity contribution >= 4 is 35.0 Å². The smallest absolute Gasteiger partial charge is 0.247 e. The van der Waals surface area contributed by atoms with Gasteiger partial charge in [0.05, 0.1) is 24.2 Å². The van der Waals surface area contributed by atoms with E-state index < -0.39 is 17.9 Å². The van der Waals surface area contributed by atoms with Crippen LogP contribution < -0.4 is 15.3 Å². The minimum Gasteiger partial charge on any atom is -0.295 e. The van der Waals surface area contributed by atoms with Gasteiger partial charge in [-0.15, -0.1) is 5.12 Å². The summed E-state index contributed by atoms with van der Waals surface area (Å²) in [7, 11) is 0. The SMILES string of the molecule is CC(=O)NC(=O)[C@H](C)N(N1C(=O)Cc2ccccc21)N1C(=O)Cc2ccccc21. The van der Waals surface area contributed by atoms with Gasteiger partial charge in [-0.25, -0.2) is 10.0 Å². The highest BCUT2D eigenvalue weighted by molar-refractivity contribution is 6.06. The maximum absolute atomic E-state index is 12.9. The van der Waals surface area contributed by atoms with Crippen LogP contribution in [0.25, 0.3) is 0 Å². The van der Waals surface area contributed by atoms with Gasteiger partial charge in [0.15, 0.2) is 0 Å². The number of hydrazine groups is 2. The topological polar surface area (TPSA) is 90.0 Å². The Balaban J connectivity index is 1.83. The van der Waals surface area contributed by atoms with Crippen molar-refractivity contribution in [2.75, 3.05) is 10.0 Å². The Bertz CT molecular complexity index is 969. The largest absolute Gasteiger partial charge is 0.295 e. The summed E-state index contributed by atoms with van der Waals surface area (Å²) >= 11 is 0. The number of nitrogens with zero attached hydrogens (tertiary/aromatic N) is 3. The van der Waals surface area contributed by atoms with Gasteiger partial charge in [0, 0.05) is 6.92 Å². The molecular weight excluding hydrogens is 372 g/mol. The standard InChI is InChI=1S/C21H20N4O4/c1-13(21(29)22-14(2)26)25(23-17-9-5-3-7-15(17)11-19(23)27)24-18-10-6-4-8-16(18)12-20(24)28/h3-10,13H,11-12H2,1-2H3,(H,22,26,29)/t13-/m0/s1. The van der Waals surface area contributed by atoms with Crippen LogP contribution in [-0.4, -0.2) is 34.8 Å². The van der Waals surface area contributed by atoms with E-state index in [4.69, 9.17) is 0 Å². The predicted molar refractivity (Wildman–Crippen MR) is 105 cm³/mol. The summed E-state index contributed by atoms with van der Waals surface area (Å²) in [6.07, 6.45) is 0.328. The van der Waals surface area contributed by atoms with E-state index in [2.05, 4.69) is 5.32 Å². The van der Waals surface area contributed by atoms with Crippen molar-refractivity contribution in [3.05, 3.63) is 59.7 Å². The van der Waals surface area contributed by atoms with E-state index in [9.17, 15) is 19.2 Å². The molecule has 2 aromatic carbocycles. The molecule has 2 aliphatic rings. The minimum absolute atomic E-state index is 0.164. The quantitative estimate of drug-likeness (QED) is 0.848. The molecule has 8 heteroatoms. The average molecular weight is 392 g/mol. The summed E-state index contributed by atoms with van der Waals surface area (Å²) in [5.41, 5.74) is 2.83. The van der Waals surface area contributed by atoms with Crippen LogP contribution in [0.2, 0.25) is 0 Å². The number of hydrogen-bond donors (Lipinski definition) is 1. The number of amides is 4. The number of carbonyl (C=O) groups excluding carboxylic acids is 4. The van der Waals surface area contributed by atoms with Gasteiger partial charge < -0.3 is 0 Å². The number of benzene rings is 2. The van der Waals surface area contributed by atoms with Crippen LogP contribution in [0.1, 0.15) is 25.0 Å². The predicted octanol–water partition coefficient (Wildman–Crippen LogP) is 1.35. The summed E-state index contributed by atoms with van der Waals surface area (Å²) in [6.45, 7) is 2.79. The van der Waals surface area contributed by atoms with E-state index in [0.29, 0.717) is 11.4 Å². The number of rotatable bonds is 4. The number of anilines is 2. The molecule has 2 aliphatic heterocycles. The number of imide groups is 1. The van der Waals surface area contributed by atoms with Gasteiger partial charge in [-0.3, -0.25) is 24.5 Å². The Morgan fingerprint density at radius 2 is 1.34 bits per heavy atom. The molecule has 4 amide bonds. The summed E-state index contributed by atoms with van der Waals surface area (Å²) in [5, 5.41) is 6.34. The summed E-state index contributed by atoms with van der Waals surface area (Å²) < 4.78 is 0. The summed E-state index contributed by atoms with van der Waals surface area (Å²) in [5.74, 6) is -1.63. The Hall–Kier alpha value is -3.52. The van der Waals surface area contributed by atoms with Gasteiger partial charge in [-0.2, -0.15) is 0 Å². The van der Waals surface area contributed by atoms with Crippen molar-refractivity contribution in [2.24, 2.45) is 0 Å². The molecule has 0 unspecified atom stereocenters. The lowest BCUT2D eigenvalue weighted by Crippen LogP contribution is -2.63. The fourth-order valence-corrected chi connectivity index (χ4v) is 3.75. The number of nitrogens with one attached hydrogen (secondary N) is 1. The zero-order valence-corrected chi connectivity index (χ0v) is 16.1. The Morgan fingerprint density at radius 3 is 1.79 bits per heavy atom. The molecule has 2 aromatic rings. The Labute approximate surface area is 167 Å². The van der Waals surface area contributed by atoms with E-state index >= 15 is 0 Å². The first-order valence-corrected chi connectivity index (χ1v) is 9.30. The number of fused-ring (bicyclic) bond motifs is 2. The normalized spacial score (nSPS) is 16.1. The van der Waals surface area contributed by atoms with E-state index in [1.54, 1.807) is 31.2 Å². The number of hydrogen-bond acceptors (Lipinski definition) is 5. The first-order valence-electron chi connectivity index (χ1n) is 9.30. The second-order valence-corrected chi connectivity index (χ2v) is 7.06. The van der Waals surface area contributed by atoms with Crippen LogP contribution in [0, 0.1) is 0 Å². The molecule has 1 atom stereocenters. The highest BCUT2D eigenvalue weighted by atomic mass is 16.2. The van der Waals surface area contributed by atoms with Gasteiger partial charge in [0.25, 0.3) is 0 Å². The molecule has 29 heavy (non-hydrogen) atoms. The van der Waals surface area contributed by atoms with Crippen LogP contribution in [-0.2, 0) is 32.0 Å². The molecule has 1 N–H and O–H groups in total. The van der Waals surface area contributed by atoms with Crippen LogP contribution in [0.15, 0.2) is 48.5 Å². The zero-order valence-electron chi connectivity index (χ0n) is 16.1. The van der Waals surface area contributed by atoms with Gasteiger partial charge in [0.1, 0.15) is 6.04 Å². The van der Waals surface area contributed by atoms with Gasteiger partial charge in [0.2, 0.25) is 23.6 Å². The van der Waals surface area contributed by atoms with E-state index in [1.807, 2.05) is 24.3 Å². The molecule has 8 nitrogen and oxygen atoms in total. The molecule has 4 rings (SSSR count). The molecule has 0 spiro atoms. The second-order valence-electron chi connectivity index (χ2n) is 7.06. The molecule has 0 saturated heterocycles. The second kappa shape index (κ2) is 7.14. The molecule has 0 aromatic heterocycles. The lowest BCUT2D eigenvalue weighted by atomic mass is 10.2. The van der Waals surface area contributed by atoms with Gasteiger partial charge in [-0.1, -0.05) is 36.4 Å². The van der Waals surface area contributed by atoms with Gasteiger partial charge >= 0.3 is 0 Å². The van der Waals surface area contributed by atoms with Crippen molar-refractivity contribution in [3.8, 4) is 0 Å². The van der Waals surface area contributed by atoms with Crippen LogP contribution in [0.5, 0.6) is 0 Å². The van der Waals surface area contributed by atoms with E-state index in [1.165, 1.54) is 22.1 Å². The molecule has 0 fully saturated rings. The molecule has 148 valence electrons. The average Bonchev–Trinajstić information content (AvgIpc) is 3.18. The minimum atomic E-state index is -0.996. The van der Waals surface area contributed by atoms with E-state index in [-0.39, 0.29) is 24.7 Å². The fourth-order valence-electron chi connectivity index (χ4n) is 3.75. The van der Waals surface area contributed by atoms with E-state index in [0.717, 1.165) is 11.1 Å². The lowest BCUT2D eigenvalue weighted by molar-refractivity contribution is -0.134. The Kier molecular flexibility index (Phi) is 4.63. The first-order chi connectivity index (χ1) is 13.9. The third-order valence-electron chi connectivity index (χ3n) is 5.03. The van der Waals surface area contributed by atoms with Crippen molar-refractivity contribution < 1.29 is 19.2 Å². The van der Waals surface area contributed by atoms with Gasteiger partial charge in [-0.05, 0) is 30.2 Å². The molecule has 2 heterocycles. The highest BCUT2D eigenvalue weighted by Crippen LogP contribution is 2.36. The molecule has 0 saturated carbocycles. The van der Waals surface area contributed by atoms with Crippen molar-refractivity contribution in [2.45, 2.75) is 32.7 Å². The molecular formula is C21H20N4O4. The molecule has 0 radical (unpaired) electrons. The number of carbonyl (C=O) groups is 4. The third-order valence-corrected chi connectivity index (χ3v) is 5.03.